The average Bonchev–Trinajstić information content (AvgIpc) is 2.90. The molecule has 0 aromatic carbocycles. The smallest absolute Gasteiger partial charge is 0.327 e. The molecular weight excluding hydrogens is 315 g/mol. The van der Waals surface area contributed by atoms with Crippen molar-refractivity contribution >= 4 is 21.9 Å². The number of aryl methyl sites for hydroxylation is 1. The van der Waals surface area contributed by atoms with Crippen LogP contribution in [0.15, 0.2) is 12.4 Å². The summed E-state index contributed by atoms with van der Waals surface area (Å²) >= 11 is 0. The summed E-state index contributed by atoms with van der Waals surface area (Å²) < 4.78 is 42.2. The number of carbonyl (C=O) groups is 1. The molecule has 2 atom stereocenters. The van der Waals surface area contributed by atoms with E-state index in [1.165, 1.54) is 17.1 Å². The summed E-state index contributed by atoms with van der Waals surface area (Å²) in [5, 5.41) is 3.92. The zero-order chi connectivity index (χ0) is 16.5. The molecule has 1 aliphatic heterocycles. The fraction of sp³-hybridized carbons (Fsp3) is 0.636. The molecule has 3 N–H and O–H groups in total. The highest BCUT2D eigenvalue weighted by Gasteiger charge is 2.35. The highest BCUT2D eigenvalue weighted by Crippen LogP contribution is 2.23. The fourth-order valence-corrected chi connectivity index (χ4v) is 3.58. The van der Waals surface area contributed by atoms with E-state index < -0.39 is 22.4 Å². The van der Waals surface area contributed by atoms with Gasteiger partial charge in [0, 0.05) is 25.8 Å². The molecule has 0 bridgehead atoms. The number of aromatic nitrogens is 2. The second-order valence-electron chi connectivity index (χ2n) is 5.30. The van der Waals surface area contributed by atoms with E-state index in [4.69, 9.17) is 5.73 Å². The molecule has 1 aromatic rings. The van der Waals surface area contributed by atoms with Crippen molar-refractivity contribution in [2.24, 2.45) is 12.8 Å². The summed E-state index contributed by atoms with van der Waals surface area (Å²) in [5.41, 5.74) is 5.18. The van der Waals surface area contributed by atoms with Gasteiger partial charge < -0.3 is 5.73 Å². The van der Waals surface area contributed by atoms with Crippen molar-refractivity contribution in [2.45, 2.75) is 18.6 Å². The molecule has 1 saturated heterocycles. The van der Waals surface area contributed by atoms with Gasteiger partial charge in [-0.05, 0) is 13.5 Å². The standard InChI is InChI=1S/C11H19FN6O3S/c1-16-5-8(12)3-9(16)7-18(10-4-14-17(2)6-10)22(20,21)15-11(13)19/h4,6,8-9H,3,5,7H2,1-2H3,(H3,13,15,19)/t8-,9+/m1/s1. The number of hydrogen-bond donors (Lipinski definition) is 2. The van der Waals surface area contributed by atoms with Gasteiger partial charge in [0.1, 0.15) is 6.17 Å². The second-order valence-corrected chi connectivity index (χ2v) is 6.90. The zero-order valence-electron chi connectivity index (χ0n) is 12.3. The number of carbonyl (C=O) groups excluding carboxylic acids is 1. The minimum absolute atomic E-state index is 0.00870. The maximum absolute atomic E-state index is 13.5. The molecule has 11 heteroatoms. The van der Waals surface area contributed by atoms with Gasteiger partial charge in [0.25, 0.3) is 0 Å². The molecule has 1 fully saturated rings. The van der Waals surface area contributed by atoms with E-state index in [0.29, 0.717) is 0 Å². The number of alkyl halides is 1. The molecule has 0 radical (unpaired) electrons. The molecule has 2 rings (SSSR count). The van der Waals surface area contributed by atoms with Crippen LogP contribution in [-0.4, -0.2) is 61.5 Å². The van der Waals surface area contributed by atoms with Crippen LogP contribution in [0.2, 0.25) is 0 Å². The third-order valence-corrected chi connectivity index (χ3v) is 4.91. The average molecular weight is 334 g/mol. The molecule has 0 unspecified atom stereocenters. The summed E-state index contributed by atoms with van der Waals surface area (Å²) in [6.45, 7) is 0.236. The van der Waals surface area contributed by atoms with E-state index in [1.807, 2.05) is 0 Å². The van der Waals surface area contributed by atoms with Gasteiger partial charge in [-0.1, -0.05) is 0 Å². The van der Waals surface area contributed by atoms with Gasteiger partial charge >= 0.3 is 16.2 Å². The molecule has 0 aliphatic carbocycles. The van der Waals surface area contributed by atoms with E-state index in [9.17, 15) is 17.6 Å². The summed E-state index contributed by atoms with van der Waals surface area (Å²) in [5.74, 6) is 0. The van der Waals surface area contributed by atoms with E-state index >= 15 is 0 Å². The predicted molar refractivity (Wildman–Crippen MR) is 78.1 cm³/mol. The Morgan fingerprint density at radius 1 is 1.59 bits per heavy atom. The van der Waals surface area contributed by atoms with Gasteiger partial charge in [-0.3, -0.25) is 9.58 Å². The van der Waals surface area contributed by atoms with Crippen LogP contribution in [0.1, 0.15) is 6.42 Å². The third kappa shape index (κ3) is 3.65. The lowest BCUT2D eigenvalue weighted by Crippen LogP contribution is -2.49. The number of nitrogens with two attached hydrogens (primary N) is 1. The molecule has 0 saturated carbocycles. The molecule has 124 valence electrons. The van der Waals surface area contributed by atoms with Crippen LogP contribution in [0.3, 0.4) is 0 Å². The second kappa shape index (κ2) is 6.08. The van der Waals surface area contributed by atoms with Crippen LogP contribution in [0, 0.1) is 0 Å². The van der Waals surface area contributed by atoms with Gasteiger partial charge in [0.15, 0.2) is 0 Å². The number of anilines is 1. The third-order valence-electron chi connectivity index (χ3n) is 3.51. The quantitative estimate of drug-likeness (QED) is 0.730. The molecule has 2 amide bonds. The lowest BCUT2D eigenvalue weighted by Gasteiger charge is -2.28. The van der Waals surface area contributed by atoms with Crippen molar-refractivity contribution in [2.75, 3.05) is 24.4 Å². The highest BCUT2D eigenvalue weighted by molar-refractivity contribution is 7.91. The van der Waals surface area contributed by atoms with Gasteiger partial charge in [0.2, 0.25) is 0 Å². The maximum Gasteiger partial charge on any atom is 0.327 e. The van der Waals surface area contributed by atoms with Gasteiger partial charge in [-0.15, -0.1) is 0 Å². The van der Waals surface area contributed by atoms with Gasteiger partial charge in [-0.2, -0.15) is 13.5 Å². The Balaban J connectivity index is 2.28. The Kier molecular flexibility index (Phi) is 4.56. The first-order valence-electron chi connectivity index (χ1n) is 6.62. The van der Waals surface area contributed by atoms with Crippen LogP contribution in [-0.2, 0) is 17.3 Å². The minimum atomic E-state index is -4.18. The van der Waals surface area contributed by atoms with Gasteiger partial charge in [0.05, 0.1) is 18.4 Å². The number of primary amides is 1. The molecule has 22 heavy (non-hydrogen) atoms. The van der Waals surface area contributed by atoms with Crippen molar-refractivity contribution < 1.29 is 17.6 Å². The van der Waals surface area contributed by atoms with Crippen LogP contribution >= 0.6 is 0 Å². The first-order valence-corrected chi connectivity index (χ1v) is 8.06. The summed E-state index contributed by atoms with van der Waals surface area (Å²) in [6.07, 6.45) is 2.06. The molecule has 0 spiro atoms. The monoisotopic (exact) mass is 334 g/mol. The number of likely N-dealkylation sites (tertiary alicyclic amines) is 1. The number of rotatable bonds is 5. The minimum Gasteiger partial charge on any atom is -0.351 e. The van der Waals surface area contributed by atoms with Crippen LogP contribution in [0.25, 0.3) is 0 Å². The highest BCUT2D eigenvalue weighted by atomic mass is 32.2. The van der Waals surface area contributed by atoms with Crippen LogP contribution in [0.4, 0.5) is 14.9 Å². The lowest BCUT2D eigenvalue weighted by molar-refractivity contribution is 0.253. The van der Waals surface area contributed by atoms with E-state index in [2.05, 4.69) is 5.10 Å². The first kappa shape index (κ1) is 16.5. The van der Waals surface area contributed by atoms with E-state index in [-0.39, 0.29) is 31.2 Å². The number of urea groups is 1. The number of nitrogens with one attached hydrogen (secondary N) is 1. The molecule has 1 aliphatic rings. The summed E-state index contributed by atoms with van der Waals surface area (Å²) in [7, 11) is -0.827. The molecule has 1 aromatic heterocycles. The van der Waals surface area contributed by atoms with E-state index in [0.717, 1.165) is 4.31 Å². The number of hydrogen-bond acceptors (Lipinski definition) is 5. The van der Waals surface area contributed by atoms with Crippen molar-refractivity contribution in [1.29, 1.82) is 0 Å². The maximum atomic E-state index is 13.5. The Morgan fingerprint density at radius 2 is 2.27 bits per heavy atom. The van der Waals surface area contributed by atoms with E-state index in [1.54, 1.807) is 23.7 Å². The Morgan fingerprint density at radius 3 is 2.73 bits per heavy atom. The van der Waals surface area contributed by atoms with Gasteiger partial charge in [-0.25, -0.2) is 18.2 Å². The largest absolute Gasteiger partial charge is 0.351 e. The normalized spacial score (nSPS) is 22.7. The predicted octanol–water partition coefficient (Wildman–Crippen LogP) is -0.818. The van der Waals surface area contributed by atoms with Crippen LogP contribution in [0.5, 0.6) is 0 Å². The summed E-state index contributed by atoms with van der Waals surface area (Å²) in [4.78, 5) is 12.7. The molecule has 9 nitrogen and oxygen atoms in total. The zero-order valence-corrected chi connectivity index (χ0v) is 13.1. The molecule has 2 heterocycles. The first-order chi connectivity index (χ1) is 10.2. The van der Waals surface area contributed by atoms with Crippen molar-refractivity contribution in [3.05, 3.63) is 12.4 Å². The number of likely N-dealkylation sites (N-methyl/N-ethyl adjacent to an activating group) is 1. The number of amides is 2. The Bertz CT molecular complexity index is 648. The van der Waals surface area contributed by atoms with Crippen LogP contribution < -0.4 is 14.8 Å². The number of nitrogens with zero attached hydrogens (tertiary/aromatic N) is 4. The van der Waals surface area contributed by atoms with Crippen molar-refractivity contribution in [1.82, 2.24) is 19.4 Å². The SMILES string of the molecule is CN1C[C@H](F)C[C@H]1CN(c1cnn(C)c1)S(=O)(=O)NC(N)=O. The van der Waals surface area contributed by atoms with Crippen molar-refractivity contribution in [3.63, 3.8) is 0 Å². The van der Waals surface area contributed by atoms with Crippen molar-refractivity contribution in [3.8, 4) is 0 Å². The topological polar surface area (TPSA) is 114 Å². The Hall–Kier alpha value is -1.88. The summed E-state index contributed by atoms with van der Waals surface area (Å²) in [6, 6.07) is -1.49. The fourth-order valence-electron chi connectivity index (χ4n) is 2.48. The molecular formula is C11H19FN6O3S. The Labute approximate surface area is 128 Å². The lowest BCUT2D eigenvalue weighted by atomic mass is 10.2. The number of halogens is 1.